The maximum Gasteiger partial charge on any atom is 0.387 e. The monoisotopic (exact) mass is 456 g/mol. The first-order valence-electron chi connectivity index (χ1n) is 10.1. The largest absolute Gasteiger partial charge is 0.434 e. The van der Waals surface area contributed by atoms with Gasteiger partial charge in [-0.1, -0.05) is 24.3 Å². The zero-order valence-corrected chi connectivity index (χ0v) is 17.2. The van der Waals surface area contributed by atoms with Crippen molar-refractivity contribution in [1.29, 1.82) is 0 Å². The van der Waals surface area contributed by atoms with Crippen LogP contribution in [0.5, 0.6) is 5.75 Å². The molecule has 1 N–H and O–H groups in total. The number of benzene rings is 2. The molecular weight excluding hydrogens is 438 g/mol. The van der Waals surface area contributed by atoms with Crippen molar-refractivity contribution in [3.05, 3.63) is 64.7 Å². The first-order valence-corrected chi connectivity index (χ1v) is 10.1. The summed E-state index contributed by atoms with van der Waals surface area (Å²) in [4.78, 5) is 63.3. The van der Waals surface area contributed by atoms with E-state index < -0.39 is 36.2 Å². The number of halogens is 2. The standard InChI is InChI=1S/C23H18F2N2O6/c24-23(25)33-18-7-2-1-5-14(18)20(30)26-11-12-4-3-6-15-19(12)22(32)27(21(15)31)16-9-8-13(28)10-17(16)29/h1-7,16,23H,8-11H2,(H,26,30). The SMILES string of the molecule is O=C1CCC(N2C(=O)c3cccc(CNC(=O)c4ccccc4OC(F)F)c3C2=O)C(=O)C1. The highest BCUT2D eigenvalue weighted by Gasteiger charge is 2.45. The van der Waals surface area contributed by atoms with Crippen LogP contribution in [0, 0.1) is 0 Å². The maximum atomic E-state index is 13.1. The van der Waals surface area contributed by atoms with Crippen LogP contribution < -0.4 is 10.1 Å². The van der Waals surface area contributed by atoms with E-state index in [9.17, 15) is 32.8 Å². The van der Waals surface area contributed by atoms with Crippen LogP contribution >= 0.6 is 0 Å². The molecule has 10 heteroatoms. The smallest absolute Gasteiger partial charge is 0.387 e. The third kappa shape index (κ3) is 4.23. The molecule has 0 aromatic heterocycles. The maximum absolute atomic E-state index is 13.1. The Labute approximate surface area is 186 Å². The zero-order valence-electron chi connectivity index (χ0n) is 17.2. The van der Waals surface area contributed by atoms with E-state index in [2.05, 4.69) is 10.1 Å². The van der Waals surface area contributed by atoms with Crippen LogP contribution in [0.3, 0.4) is 0 Å². The molecule has 0 spiro atoms. The summed E-state index contributed by atoms with van der Waals surface area (Å²) >= 11 is 0. The van der Waals surface area contributed by atoms with Gasteiger partial charge < -0.3 is 10.1 Å². The van der Waals surface area contributed by atoms with Gasteiger partial charge in [-0.2, -0.15) is 8.78 Å². The summed E-state index contributed by atoms with van der Waals surface area (Å²) in [6.45, 7) is -3.28. The number of imide groups is 1. The summed E-state index contributed by atoms with van der Waals surface area (Å²) in [5.74, 6) is -3.02. The number of nitrogens with one attached hydrogen (secondary N) is 1. The summed E-state index contributed by atoms with van der Waals surface area (Å²) in [6.07, 6.45) is -0.135. The second kappa shape index (κ2) is 8.89. The number of ether oxygens (including phenoxy) is 1. The van der Waals surface area contributed by atoms with Gasteiger partial charge in [-0.25, -0.2) is 0 Å². The van der Waals surface area contributed by atoms with Crippen molar-refractivity contribution in [1.82, 2.24) is 10.2 Å². The Bertz CT molecular complexity index is 1180. The molecule has 8 nitrogen and oxygen atoms in total. The first-order chi connectivity index (χ1) is 15.8. The van der Waals surface area contributed by atoms with E-state index in [4.69, 9.17) is 0 Å². The van der Waals surface area contributed by atoms with Gasteiger partial charge in [-0.05, 0) is 30.2 Å². The number of hydrogen-bond acceptors (Lipinski definition) is 6. The topological polar surface area (TPSA) is 110 Å². The van der Waals surface area contributed by atoms with E-state index in [-0.39, 0.29) is 54.0 Å². The molecule has 0 radical (unpaired) electrons. The van der Waals surface area contributed by atoms with Gasteiger partial charge in [0.1, 0.15) is 11.5 Å². The third-order valence-corrected chi connectivity index (χ3v) is 5.57. The molecule has 170 valence electrons. The Kier molecular flexibility index (Phi) is 5.99. The lowest BCUT2D eigenvalue weighted by Gasteiger charge is -2.27. The van der Waals surface area contributed by atoms with Gasteiger partial charge in [0, 0.05) is 13.0 Å². The molecule has 2 aliphatic rings. The zero-order chi connectivity index (χ0) is 23.7. The second-order valence-electron chi connectivity index (χ2n) is 7.61. The highest BCUT2D eigenvalue weighted by Crippen LogP contribution is 2.31. The number of rotatable bonds is 6. The number of carbonyl (C=O) groups excluding carboxylic acids is 5. The van der Waals surface area contributed by atoms with Gasteiger partial charge in [0.15, 0.2) is 5.78 Å². The fraction of sp³-hybridized carbons (Fsp3) is 0.261. The molecule has 2 aromatic rings. The van der Waals surface area contributed by atoms with Crippen LogP contribution in [0.25, 0.3) is 0 Å². The van der Waals surface area contributed by atoms with E-state index in [1.54, 1.807) is 6.07 Å². The number of para-hydroxylation sites is 1. The van der Waals surface area contributed by atoms with Gasteiger partial charge >= 0.3 is 6.61 Å². The summed E-state index contributed by atoms with van der Waals surface area (Å²) < 4.78 is 29.6. The number of alkyl halides is 2. The molecule has 1 saturated carbocycles. The number of nitrogens with zero attached hydrogens (tertiary/aromatic N) is 1. The van der Waals surface area contributed by atoms with Gasteiger partial charge in [-0.3, -0.25) is 28.9 Å². The van der Waals surface area contributed by atoms with Crippen LogP contribution in [-0.4, -0.2) is 46.8 Å². The minimum absolute atomic E-state index is 0.0598. The van der Waals surface area contributed by atoms with E-state index >= 15 is 0 Å². The van der Waals surface area contributed by atoms with E-state index in [1.807, 2.05) is 0 Å². The van der Waals surface area contributed by atoms with Crippen molar-refractivity contribution in [3.8, 4) is 5.75 Å². The fourth-order valence-electron chi connectivity index (χ4n) is 4.06. The van der Waals surface area contributed by atoms with Gasteiger partial charge in [0.05, 0.1) is 29.2 Å². The quantitative estimate of drug-likeness (QED) is 0.528. The Morgan fingerprint density at radius 2 is 1.82 bits per heavy atom. The van der Waals surface area contributed by atoms with Crippen molar-refractivity contribution >= 4 is 29.3 Å². The van der Waals surface area contributed by atoms with Crippen molar-refractivity contribution in [2.24, 2.45) is 0 Å². The Morgan fingerprint density at radius 1 is 1.06 bits per heavy atom. The number of fused-ring (bicyclic) bond motifs is 1. The predicted octanol–water partition coefficient (Wildman–Crippen LogP) is 2.50. The van der Waals surface area contributed by atoms with Crippen molar-refractivity contribution in [3.63, 3.8) is 0 Å². The molecule has 1 aliphatic heterocycles. The fourth-order valence-corrected chi connectivity index (χ4v) is 4.06. The molecule has 4 rings (SSSR count). The number of carbonyl (C=O) groups is 5. The number of Topliss-reactive ketones (excluding diaryl/α,β-unsaturated/α-hetero) is 2. The number of hydrogen-bond donors (Lipinski definition) is 1. The summed E-state index contributed by atoms with van der Waals surface area (Å²) in [6, 6.07) is 9.00. The van der Waals surface area contributed by atoms with Gasteiger partial charge in [0.25, 0.3) is 17.7 Å². The minimum atomic E-state index is -3.11. The highest BCUT2D eigenvalue weighted by atomic mass is 19.3. The predicted molar refractivity (Wildman–Crippen MR) is 109 cm³/mol. The molecule has 1 aliphatic carbocycles. The molecule has 2 aromatic carbocycles. The van der Waals surface area contributed by atoms with E-state index in [0.717, 1.165) is 4.90 Å². The molecule has 0 bridgehead atoms. The molecule has 1 fully saturated rings. The third-order valence-electron chi connectivity index (χ3n) is 5.57. The second-order valence-corrected chi connectivity index (χ2v) is 7.61. The average molecular weight is 456 g/mol. The Balaban J connectivity index is 1.55. The highest BCUT2D eigenvalue weighted by molar-refractivity contribution is 6.24. The average Bonchev–Trinajstić information content (AvgIpc) is 3.03. The van der Waals surface area contributed by atoms with Crippen LogP contribution in [0.15, 0.2) is 42.5 Å². The number of amides is 3. The molecule has 33 heavy (non-hydrogen) atoms. The molecule has 1 atom stereocenters. The summed E-state index contributed by atoms with van der Waals surface area (Å²) in [5, 5.41) is 2.55. The lowest BCUT2D eigenvalue weighted by Crippen LogP contribution is -2.47. The lowest BCUT2D eigenvalue weighted by atomic mass is 9.92. The van der Waals surface area contributed by atoms with E-state index in [1.165, 1.54) is 36.4 Å². The van der Waals surface area contributed by atoms with Crippen LogP contribution in [-0.2, 0) is 16.1 Å². The Morgan fingerprint density at radius 3 is 2.55 bits per heavy atom. The summed E-state index contributed by atoms with van der Waals surface area (Å²) in [7, 11) is 0. The van der Waals surface area contributed by atoms with Gasteiger partial charge in [-0.15, -0.1) is 0 Å². The van der Waals surface area contributed by atoms with Crippen LogP contribution in [0.1, 0.15) is 55.9 Å². The van der Waals surface area contributed by atoms with Gasteiger partial charge in [0.2, 0.25) is 0 Å². The van der Waals surface area contributed by atoms with E-state index in [0.29, 0.717) is 5.56 Å². The normalized spacial score (nSPS) is 18.0. The lowest BCUT2D eigenvalue weighted by molar-refractivity contribution is -0.132. The molecule has 3 amide bonds. The molecule has 0 saturated heterocycles. The van der Waals surface area contributed by atoms with Crippen LogP contribution in [0.2, 0.25) is 0 Å². The van der Waals surface area contributed by atoms with Crippen LogP contribution in [0.4, 0.5) is 8.78 Å². The molecule has 1 unspecified atom stereocenters. The minimum Gasteiger partial charge on any atom is -0.434 e. The number of ketones is 2. The van der Waals surface area contributed by atoms with Crippen molar-refractivity contribution < 1.29 is 37.5 Å². The molecule has 1 heterocycles. The van der Waals surface area contributed by atoms with Crippen molar-refractivity contribution in [2.75, 3.05) is 0 Å². The molecular formula is C23H18F2N2O6. The Hall–Kier alpha value is -3.95. The first kappa shape index (κ1) is 22.3. The summed E-state index contributed by atoms with van der Waals surface area (Å²) in [5.41, 5.74) is 0.364. The van der Waals surface area contributed by atoms with Crippen molar-refractivity contribution in [2.45, 2.75) is 38.5 Å².